The van der Waals surface area contributed by atoms with E-state index < -0.39 is 0 Å². The van der Waals surface area contributed by atoms with Gasteiger partial charge in [0.1, 0.15) is 6.10 Å². The van der Waals surface area contributed by atoms with E-state index in [9.17, 15) is 4.79 Å². The van der Waals surface area contributed by atoms with Gasteiger partial charge in [0, 0.05) is 6.08 Å². The summed E-state index contributed by atoms with van der Waals surface area (Å²) in [6.07, 6.45) is 10.1. The molecule has 0 N–H and O–H groups in total. The van der Waals surface area contributed by atoms with Crippen molar-refractivity contribution >= 4 is 12.0 Å². The van der Waals surface area contributed by atoms with E-state index in [1.54, 1.807) is 6.08 Å². The van der Waals surface area contributed by atoms with Crippen molar-refractivity contribution in [2.24, 2.45) is 0 Å². The molecule has 0 saturated heterocycles. The Morgan fingerprint density at radius 3 is 2.55 bits per heavy atom. The zero-order valence-electron chi connectivity index (χ0n) is 12.7. The number of hydrogen-bond donors (Lipinski definition) is 0. The first kappa shape index (κ1) is 16.5. The SMILES string of the molecule is CCCCCCC(CC)OC(=O)/C=C/c1ccccc1. The number of benzene rings is 1. The Morgan fingerprint density at radius 1 is 1.15 bits per heavy atom. The van der Waals surface area contributed by atoms with Gasteiger partial charge in [0.25, 0.3) is 0 Å². The molecular formula is C18H26O2. The maximum Gasteiger partial charge on any atom is 0.331 e. The third-order valence-corrected chi connectivity index (χ3v) is 3.33. The molecule has 0 saturated carbocycles. The molecule has 0 aliphatic heterocycles. The van der Waals surface area contributed by atoms with Crippen LogP contribution in [0.15, 0.2) is 36.4 Å². The molecule has 0 aliphatic rings. The molecule has 1 rings (SSSR count). The van der Waals surface area contributed by atoms with Crippen LogP contribution in [0.3, 0.4) is 0 Å². The molecule has 0 heterocycles. The summed E-state index contributed by atoms with van der Waals surface area (Å²) in [5.41, 5.74) is 1.01. The highest BCUT2D eigenvalue weighted by molar-refractivity contribution is 5.87. The molecule has 0 fully saturated rings. The van der Waals surface area contributed by atoms with Crippen molar-refractivity contribution in [2.45, 2.75) is 58.5 Å². The number of unbranched alkanes of at least 4 members (excludes halogenated alkanes) is 3. The fourth-order valence-corrected chi connectivity index (χ4v) is 2.08. The van der Waals surface area contributed by atoms with E-state index >= 15 is 0 Å². The molecule has 0 aliphatic carbocycles. The van der Waals surface area contributed by atoms with Crippen molar-refractivity contribution < 1.29 is 9.53 Å². The lowest BCUT2D eigenvalue weighted by molar-refractivity contribution is -0.143. The highest BCUT2D eigenvalue weighted by Gasteiger charge is 2.09. The van der Waals surface area contributed by atoms with Crippen molar-refractivity contribution in [1.29, 1.82) is 0 Å². The maximum absolute atomic E-state index is 11.8. The molecule has 20 heavy (non-hydrogen) atoms. The number of rotatable bonds is 9. The van der Waals surface area contributed by atoms with E-state index in [2.05, 4.69) is 13.8 Å². The summed E-state index contributed by atoms with van der Waals surface area (Å²) in [6.45, 7) is 4.27. The van der Waals surface area contributed by atoms with E-state index in [-0.39, 0.29) is 12.1 Å². The van der Waals surface area contributed by atoms with Crippen LogP contribution in [0.1, 0.15) is 57.9 Å². The Hall–Kier alpha value is -1.57. The molecule has 1 atom stereocenters. The second-order valence-electron chi connectivity index (χ2n) is 5.06. The first-order valence-corrected chi connectivity index (χ1v) is 7.70. The molecule has 110 valence electrons. The fourth-order valence-electron chi connectivity index (χ4n) is 2.08. The lowest BCUT2D eigenvalue weighted by Crippen LogP contribution is -2.15. The lowest BCUT2D eigenvalue weighted by Gasteiger charge is -2.14. The Bertz CT molecular complexity index is 395. The average molecular weight is 274 g/mol. The van der Waals surface area contributed by atoms with Crippen LogP contribution in [0, 0.1) is 0 Å². The number of hydrogen-bond acceptors (Lipinski definition) is 2. The number of ether oxygens (including phenoxy) is 1. The Kier molecular flexibility index (Phi) is 8.44. The van der Waals surface area contributed by atoms with Crippen LogP contribution < -0.4 is 0 Å². The zero-order valence-corrected chi connectivity index (χ0v) is 12.7. The third kappa shape index (κ3) is 7.13. The van der Waals surface area contributed by atoms with E-state index in [1.807, 2.05) is 30.3 Å². The van der Waals surface area contributed by atoms with Crippen LogP contribution in [0.5, 0.6) is 0 Å². The van der Waals surface area contributed by atoms with E-state index in [0.29, 0.717) is 0 Å². The van der Waals surface area contributed by atoms with Gasteiger partial charge in [-0.3, -0.25) is 0 Å². The van der Waals surface area contributed by atoms with Gasteiger partial charge in [-0.05, 0) is 30.9 Å². The quantitative estimate of drug-likeness (QED) is 0.360. The predicted octanol–water partition coefficient (Wildman–Crippen LogP) is 4.99. The van der Waals surface area contributed by atoms with Crippen LogP contribution in [-0.2, 0) is 9.53 Å². The van der Waals surface area contributed by atoms with Crippen molar-refractivity contribution in [2.75, 3.05) is 0 Å². The lowest BCUT2D eigenvalue weighted by atomic mass is 10.1. The van der Waals surface area contributed by atoms with Crippen molar-refractivity contribution in [3.63, 3.8) is 0 Å². The summed E-state index contributed by atoms with van der Waals surface area (Å²) in [6, 6.07) is 9.79. The predicted molar refractivity (Wildman–Crippen MR) is 84.4 cm³/mol. The molecule has 0 bridgehead atoms. The third-order valence-electron chi connectivity index (χ3n) is 3.33. The van der Waals surface area contributed by atoms with E-state index in [0.717, 1.165) is 24.8 Å². The van der Waals surface area contributed by atoms with Crippen molar-refractivity contribution in [3.05, 3.63) is 42.0 Å². The Balaban J connectivity index is 2.33. The Morgan fingerprint density at radius 2 is 1.90 bits per heavy atom. The van der Waals surface area contributed by atoms with Crippen LogP contribution in [0.2, 0.25) is 0 Å². The molecule has 2 nitrogen and oxygen atoms in total. The van der Waals surface area contributed by atoms with Crippen LogP contribution in [0.25, 0.3) is 6.08 Å². The van der Waals surface area contributed by atoms with Crippen molar-refractivity contribution in [1.82, 2.24) is 0 Å². The van der Waals surface area contributed by atoms with Crippen LogP contribution in [0.4, 0.5) is 0 Å². The molecule has 0 spiro atoms. The van der Waals surface area contributed by atoms with Gasteiger partial charge >= 0.3 is 5.97 Å². The average Bonchev–Trinajstić information content (AvgIpc) is 2.49. The number of carbonyl (C=O) groups excluding carboxylic acids is 1. The van der Waals surface area contributed by atoms with Gasteiger partial charge in [0.05, 0.1) is 0 Å². The maximum atomic E-state index is 11.8. The summed E-state index contributed by atoms with van der Waals surface area (Å²) in [5.74, 6) is -0.240. The van der Waals surface area contributed by atoms with Gasteiger partial charge < -0.3 is 4.74 Å². The number of esters is 1. The highest BCUT2D eigenvalue weighted by atomic mass is 16.5. The van der Waals surface area contributed by atoms with Gasteiger partial charge in [-0.1, -0.05) is 63.4 Å². The number of carbonyl (C=O) groups is 1. The summed E-state index contributed by atoms with van der Waals surface area (Å²) < 4.78 is 5.48. The molecule has 0 radical (unpaired) electrons. The minimum absolute atomic E-state index is 0.0554. The van der Waals surface area contributed by atoms with E-state index in [4.69, 9.17) is 4.74 Å². The monoisotopic (exact) mass is 274 g/mol. The van der Waals surface area contributed by atoms with E-state index in [1.165, 1.54) is 25.3 Å². The minimum Gasteiger partial charge on any atom is -0.459 e. The Labute approximate surface area is 122 Å². The summed E-state index contributed by atoms with van der Waals surface area (Å²) >= 11 is 0. The summed E-state index contributed by atoms with van der Waals surface area (Å²) in [5, 5.41) is 0. The van der Waals surface area contributed by atoms with Gasteiger partial charge in [-0.15, -0.1) is 0 Å². The van der Waals surface area contributed by atoms with Gasteiger partial charge in [-0.2, -0.15) is 0 Å². The highest BCUT2D eigenvalue weighted by Crippen LogP contribution is 2.12. The van der Waals surface area contributed by atoms with Crippen LogP contribution >= 0.6 is 0 Å². The molecule has 0 amide bonds. The van der Waals surface area contributed by atoms with Gasteiger partial charge in [0.2, 0.25) is 0 Å². The minimum atomic E-state index is -0.240. The van der Waals surface area contributed by atoms with Gasteiger partial charge in [-0.25, -0.2) is 4.79 Å². The molecule has 1 unspecified atom stereocenters. The zero-order chi connectivity index (χ0) is 14.6. The largest absolute Gasteiger partial charge is 0.459 e. The topological polar surface area (TPSA) is 26.3 Å². The van der Waals surface area contributed by atoms with Gasteiger partial charge in [0.15, 0.2) is 0 Å². The smallest absolute Gasteiger partial charge is 0.331 e. The molecule has 1 aromatic carbocycles. The second-order valence-corrected chi connectivity index (χ2v) is 5.06. The summed E-state index contributed by atoms with van der Waals surface area (Å²) in [4.78, 5) is 11.8. The molecular weight excluding hydrogens is 248 g/mol. The molecule has 0 aromatic heterocycles. The van der Waals surface area contributed by atoms with Crippen LogP contribution in [-0.4, -0.2) is 12.1 Å². The molecule has 1 aromatic rings. The fraction of sp³-hybridized carbons (Fsp3) is 0.500. The standard InChI is InChI=1S/C18H26O2/c1-3-5-6-10-13-17(4-2)20-18(19)15-14-16-11-8-7-9-12-16/h7-9,11-12,14-15,17H,3-6,10,13H2,1-2H3/b15-14+. The first-order valence-electron chi connectivity index (χ1n) is 7.70. The molecule has 2 heteroatoms. The summed E-state index contributed by atoms with van der Waals surface area (Å²) in [7, 11) is 0. The second kappa shape index (κ2) is 10.2. The normalized spacial score (nSPS) is 12.5. The van der Waals surface area contributed by atoms with Crippen molar-refractivity contribution in [3.8, 4) is 0 Å². The first-order chi connectivity index (χ1) is 9.76.